The minimum atomic E-state index is 0.735. The van der Waals surface area contributed by atoms with Crippen molar-refractivity contribution in [2.24, 2.45) is 0 Å². The van der Waals surface area contributed by atoms with E-state index in [1.54, 1.807) is 23.9 Å². The summed E-state index contributed by atoms with van der Waals surface area (Å²) in [4.78, 5) is 16.3. The standard InChI is InChI=1S/C17H14N4OS/c1-11-5-6-13(18-8-11)12-9-23-17-15(12)16(19-10-20-17)21(2)14-4-3-7-22-14/h3-10H,1-2H3. The van der Waals surface area contributed by atoms with Crippen LogP contribution in [0.4, 0.5) is 11.7 Å². The van der Waals surface area contributed by atoms with Gasteiger partial charge in [0.05, 0.1) is 17.3 Å². The highest BCUT2D eigenvalue weighted by Crippen LogP contribution is 2.38. The molecular formula is C17H14N4OS. The molecule has 4 heterocycles. The molecule has 6 heteroatoms. The molecule has 5 nitrogen and oxygen atoms in total. The van der Waals surface area contributed by atoms with Gasteiger partial charge in [0, 0.05) is 30.3 Å². The molecule has 0 saturated heterocycles. The van der Waals surface area contributed by atoms with Crippen LogP contribution in [-0.2, 0) is 0 Å². The van der Waals surface area contributed by atoms with Crippen molar-refractivity contribution in [2.45, 2.75) is 6.92 Å². The molecule has 0 spiro atoms. The maximum Gasteiger partial charge on any atom is 0.200 e. The molecule has 23 heavy (non-hydrogen) atoms. The van der Waals surface area contributed by atoms with E-state index in [-0.39, 0.29) is 0 Å². The van der Waals surface area contributed by atoms with Gasteiger partial charge in [0.15, 0.2) is 0 Å². The molecule has 114 valence electrons. The van der Waals surface area contributed by atoms with Gasteiger partial charge in [0.1, 0.15) is 17.0 Å². The van der Waals surface area contributed by atoms with Crippen molar-refractivity contribution in [3.63, 3.8) is 0 Å². The number of pyridine rings is 1. The Morgan fingerprint density at radius 2 is 2.04 bits per heavy atom. The summed E-state index contributed by atoms with van der Waals surface area (Å²) in [6.07, 6.45) is 5.11. The highest BCUT2D eigenvalue weighted by Gasteiger charge is 2.18. The number of aromatic nitrogens is 3. The first-order valence-corrected chi connectivity index (χ1v) is 8.04. The second-order valence-corrected chi connectivity index (χ2v) is 6.12. The predicted octanol–water partition coefficient (Wildman–Crippen LogP) is 4.42. The molecule has 0 aliphatic heterocycles. The molecule has 0 fully saturated rings. The highest BCUT2D eigenvalue weighted by atomic mass is 32.1. The van der Waals surface area contributed by atoms with Gasteiger partial charge in [-0.15, -0.1) is 11.3 Å². The van der Waals surface area contributed by atoms with Crippen LogP contribution < -0.4 is 4.90 Å². The molecule has 0 aliphatic rings. The minimum Gasteiger partial charge on any atom is -0.448 e. The molecule has 0 bridgehead atoms. The lowest BCUT2D eigenvalue weighted by atomic mass is 10.1. The van der Waals surface area contributed by atoms with Crippen LogP contribution >= 0.6 is 11.3 Å². The van der Waals surface area contributed by atoms with Crippen LogP contribution in [0.15, 0.2) is 52.9 Å². The molecule has 4 aromatic heterocycles. The van der Waals surface area contributed by atoms with E-state index in [0.29, 0.717) is 0 Å². The Balaban J connectivity index is 1.92. The van der Waals surface area contributed by atoms with Crippen LogP contribution in [0.5, 0.6) is 0 Å². The Labute approximate surface area is 137 Å². The molecule has 0 N–H and O–H groups in total. The fourth-order valence-corrected chi connectivity index (χ4v) is 3.39. The predicted molar refractivity (Wildman–Crippen MR) is 92.2 cm³/mol. The zero-order valence-corrected chi connectivity index (χ0v) is 13.5. The first-order chi connectivity index (χ1) is 11.2. The van der Waals surface area contributed by atoms with E-state index in [9.17, 15) is 0 Å². The van der Waals surface area contributed by atoms with E-state index in [0.717, 1.165) is 38.7 Å². The van der Waals surface area contributed by atoms with Gasteiger partial charge >= 0.3 is 0 Å². The van der Waals surface area contributed by atoms with E-state index >= 15 is 0 Å². The molecule has 0 aromatic carbocycles. The van der Waals surface area contributed by atoms with Crippen LogP contribution in [0, 0.1) is 6.92 Å². The Morgan fingerprint density at radius 1 is 1.13 bits per heavy atom. The third kappa shape index (κ3) is 2.37. The number of furan rings is 1. The molecule has 4 rings (SSSR count). The van der Waals surface area contributed by atoms with Crippen molar-refractivity contribution < 1.29 is 4.42 Å². The lowest BCUT2D eigenvalue weighted by Crippen LogP contribution is -2.11. The summed E-state index contributed by atoms with van der Waals surface area (Å²) in [6.45, 7) is 2.03. The molecule has 0 radical (unpaired) electrons. The first kappa shape index (κ1) is 13.9. The second kappa shape index (κ2) is 5.48. The summed E-state index contributed by atoms with van der Waals surface area (Å²) >= 11 is 1.59. The van der Waals surface area contributed by atoms with E-state index in [2.05, 4.69) is 26.4 Å². The van der Waals surface area contributed by atoms with Gasteiger partial charge in [-0.05, 0) is 24.6 Å². The van der Waals surface area contributed by atoms with E-state index in [1.165, 1.54) is 0 Å². The fourth-order valence-electron chi connectivity index (χ4n) is 2.49. The Morgan fingerprint density at radius 3 is 2.78 bits per heavy atom. The lowest BCUT2D eigenvalue weighted by molar-refractivity contribution is 0.569. The first-order valence-electron chi connectivity index (χ1n) is 7.16. The maximum atomic E-state index is 5.49. The number of fused-ring (bicyclic) bond motifs is 1. The molecule has 0 saturated carbocycles. The van der Waals surface area contributed by atoms with Crippen LogP contribution in [-0.4, -0.2) is 22.0 Å². The van der Waals surface area contributed by atoms with Crippen LogP contribution in [0.3, 0.4) is 0 Å². The summed E-state index contributed by atoms with van der Waals surface area (Å²) in [5, 5.41) is 3.07. The summed E-state index contributed by atoms with van der Waals surface area (Å²) in [5.74, 6) is 1.54. The van der Waals surface area contributed by atoms with E-state index in [4.69, 9.17) is 4.42 Å². The van der Waals surface area contributed by atoms with Gasteiger partial charge in [0.25, 0.3) is 0 Å². The Hall–Kier alpha value is -2.73. The average Bonchev–Trinajstić information content (AvgIpc) is 3.24. The van der Waals surface area contributed by atoms with Crippen LogP contribution in [0.25, 0.3) is 21.5 Å². The SMILES string of the molecule is Cc1ccc(-c2csc3ncnc(N(C)c4ccco4)c23)nc1. The number of thiophene rings is 1. The third-order valence-electron chi connectivity index (χ3n) is 3.69. The third-order valence-corrected chi connectivity index (χ3v) is 4.58. The number of aryl methyl sites for hydroxylation is 1. The van der Waals surface area contributed by atoms with Crippen molar-refractivity contribution in [3.05, 3.63) is 54.0 Å². The fraction of sp³-hybridized carbons (Fsp3) is 0.118. The zero-order chi connectivity index (χ0) is 15.8. The average molecular weight is 322 g/mol. The lowest BCUT2D eigenvalue weighted by Gasteiger charge is -2.16. The minimum absolute atomic E-state index is 0.735. The van der Waals surface area contributed by atoms with Crippen LogP contribution in [0.1, 0.15) is 5.56 Å². The number of rotatable bonds is 3. The maximum absolute atomic E-state index is 5.49. The molecule has 0 aliphatic carbocycles. The number of nitrogens with zero attached hydrogens (tertiary/aromatic N) is 4. The summed E-state index contributed by atoms with van der Waals surface area (Å²) < 4.78 is 5.49. The molecular weight excluding hydrogens is 308 g/mol. The van der Waals surface area contributed by atoms with Gasteiger partial charge in [-0.1, -0.05) is 6.07 Å². The topological polar surface area (TPSA) is 55.1 Å². The number of anilines is 2. The summed E-state index contributed by atoms with van der Waals surface area (Å²) in [7, 11) is 1.94. The van der Waals surface area contributed by atoms with Gasteiger partial charge < -0.3 is 4.42 Å². The molecule has 4 aromatic rings. The highest BCUT2D eigenvalue weighted by molar-refractivity contribution is 7.17. The zero-order valence-electron chi connectivity index (χ0n) is 12.7. The van der Waals surface area contributed by atoms with Crippen molar-refractivity contribution in [2.75, 3.05) is 11.9 Å². The Kier molecular flexibility index (Phi) is 3.31. The molecule has 0 amide bonds. The molecule has 0 unspecified atom stereocenters. The van der Waals surface area contributed by atoms with Crippen molar-refractivity contribution >= 4 is 33.3 Å². The Bertz CT molecular complexity index is 945. The largest absolute Gasteiger partial charge is 0.448 e. The van der Waals surface area contributed by atoms with Gasteiger partial charge in [-0.3, -0.25) is 9.88 Å². The van der Waals surface area contributed by atoms with Crippen LogP contribution in [0.2, 0.25) is 0 Å². The summed E-state index contributed by atoms with van der Waals surface area (Å²) in [6, 6.07) is 7.86. The summed E-state index contributed by atoms with van der Waals surface area (Å²) in [5.41, 5.74) is 3.10. The molecule has 0 atom stereocenters. The number of hydrogen-bond donors (Lipinski definition) is 0. The smallest absolute Gasteiger partial charge is 0.200 e. The normalized spacial score (nSPS) is 11.0. The van der Waals surface area contributed by atoms with Gasteiger partial charge in [0.2, 0.25) is 5.88 Å². The second-order valence-electron chi connectivity index (χ2n) is 5.26. The van der Waals surface area contributed by atoms with Crippen molar-refractivity contribution in [1.82, 2.24) is 15.0 Å². The number of hydrogen-bond acceptors (Lipinski definition) is 6. The van der Waals surface area contributed by atoms with Crippen molar-refractivity contribution in [3.8, 4) is 11.3 Å². The van der Waals surface area contributed by atoms with E-state index in [1.807, 2.05) is 43.3 Å². The van der Waals surface area contributed by atoms with Gasteiger partial charge in [-0.2, -0.15) is 0 Å². The quantitative estimate of drug-likeness (QED) is 0.559. The van der Waals surface area contributed by atoms with E-state index < -0.39 is 0 Å². The monoisotopic (exact) mass is 322 g/mol. The van der Waals surface area contributed by atoms with Gasteiger partial charge in [-0.25, -0.2) is 9.97 Å². The van der Waals surface area contributed by atoms with Crippen molar-refractivity contribution in [1.29, 1.82) is 0 Å².